The van der Waals surface area contributed by atoms with Gasteiger partial charge >= 0.3 is 6.18 Å². The lowest BCUT2D eigenvalue weighted by atomic mass is 9.82. The second kappa shape index (κ2) is 10.1. The van der Waals surface area contributed by atoms with E-state index in [0.717, 1.165) is 28.3 Å². The van der Waals surface area contributed by atoms with Crippen molar-refractivity contribution in [1.82, 2.24) is 20.3 Å². The number of rotatable bonds is 6. The number of halogens is 3. The van der Waals surface area contributed by atoms with E-state index >= 15 is 0 Å². The van der Waals surface area contributed by atoms with E-state index in [2.05, 4.69) is 25.6 Å². The summed E-state index contributed by atoms with van der Waals surface area (Å²) < 4.78 is 38.9. The molecule has 0 unspecified atom stereocenters. The molecule has 1 aliphatic carbocycles. The van der Waals surface area contributed by atoms with E-state index in [4.69, 9.17) is 0 Å². The lowest BCUT2D eigenvalue weighted by Gasteiger charge is -2.35. The number of amides is 1. The van der Waals surface area contributed by atoms with Gasteiger partial charge in [-0.05, 0) is 68.9 Å². The number of alkyl halides is 3. The molecule has 1 saturated carbocycles. The molecule has 2 aromatic heterocycles. The fourth-order valence-electron chi connectivity index (χ4n) is 4.10. The Hall–Kier alpha value is -3.09. The van der Waals surface area contributed by atoms with Crippen LogP contribution in [0.2, 0.25) is 0 Å². The first-order valence-electron chi connectivity index (χ1n) is 11.4. The van der Waals surface area contributed by atoms with Gasteiger partial charge < -0.3 is 20.8 Å². The van der Waals surface area contributed by atoms with Gasteiger partial charge in [0.15, 0.2) is 0 Å². The van der Waals surface area contributed by atoms with Crippen LogP contribution >= 0.6 is 11.3 Å². The van der Waals surface area contributed by atoms with Crippen LogP contribution in [0.1, 0.15) is 48.9 Å². The number of nitrogens with zero attached hydrogens (tertiary/aromatic N) is 3. The van der Waals surface area contributed by atoms with Crippen molar-refractivity contribution in [3.63, 3.8) is 0 Å². The molecule has 1 amide bonds. The molecule has 0 radical (unpaired) electrons. The summed E-state index contributed by atoms with van der Waals surface area (Å²) in [5, 5.41) is 26.8. The molecule has 0 spiro atoms. The van der Waals surface area contributed by atoms with Crippen molar-refractivity contribution >= 4 is 28.9 Å². The van der Waals surface area contributed by atoms with Crippen LogP contribution < -0.4 is 10.6 Å². The highest BCUT2D eigenvalue weighted by Gasteiger charge is 2.38. The molecule has 8 nitrogen and oxygen atoms in total. The molecule has 36 heavy (non-hydrogen) atoms. The highest BCUT2D eigenvalue weighted by Crippen LogP contribution is 2.41. The van der Waals surface area contributed by atoms with Crippen LogP contribution in [0.25, 0.3) is 10.4 Å². The standard InChI is InChI=1S/C24H26F3N5O3S/c1-13-9-15(11-17(10-13)31-22-28-8-5-19(32-22)24(25,26)27)18-12-29-21(36-18)23(35)6-3-16(4-7-23)30-20(34)14(2)33/h5,8-12,14,16,33,35H,3-4,6-7H2,1-2H3,(H,30,34)(H,28,31,32)/t14-,16-,23-/m0/s1. The number of benzene rings is 1. The van der Waals surface area contributed by atoms with E-state index in [0.29, 0.717) is 36.4 Å². The molecule has 3 aromatic rings. The zero-order valence-corrected chi connectivity index (χ0v) is 20.5. The summed E-state index contributed by atoms with van der Waals surface area (Å²) in [5.74, 6) is -0.596. The van der Waals surface area contributed by atoms with Gasteiger partial charge in [-0.2, -0.15) is 13.2 Å². The molecule has 1 aromatic carbocycles. The van der Waals surface area contributed by atoms with Crippen molar-refractivity contribution in [2.24, 2.45) is 0 Å². The molecule has 0 saturated heterocycles. The number of carbonyl (C=O) groups excluding carboxylic acids is 1. The topological polar surface area (TPSA) is 120 Å². The van der Waals surface area contributed by atoms with Gasteiger partial charge in [0.1, 0.15) is 22.4 Å². The number of nitrogens with one attached hydrogen (secondary N) is 2. The van der Waals surface area contributed by atoms with Gasteiger partial charge in [-0.3, -0.25) is 4.79 Å². The molecule has 4 N–H and O–H groups in total. The smallest absolute Gasteiger partial charge is 0.384 e. The van der Waals surface area contributed by atoms with Crippen LogP contribution in [0, 0.1) is 6.92 Å². The number of hydrogen-bond donors (Lipinski definition) is 4. The summed E-state index contributed by atoms with van der Waals surface area (Å²) in [5.41, 5.74) is 0.0200. The molecule has 1 fully saturated rings. The van der Waals surface area contributed by atoms with Crippen LogP contribution in [-0.4, -0.2) is 43.2 Å². The van der Waals surface area contributed by atoms with Gasteiger partial charge in [0.05, 0.1) is 4.88 Å². The number of anilines is 2. The van der Waals surface area contributed by atoms with Crippen LogP contribution in [-0.2, 0) is 16.6 Å². The number of carbonyl (C=O) groups is 1. The average molecular weight is 522 g/mol. The Morgan fingerprint density at radius 3 is 2.61 bits per heavy atom. The summed E-state index contributed by atoms with van der Waals surface area (Å²) in [6.07, 6.45) is -0.997. The van der Waals surface area contributed by atoms with Crippen molar-refractivity contribution in [1.29, 1.82) is 0 Å². The van der Waals surface area contributed by atoms with E-state index < -0.39 is 29.5 Å². The number of aryl methyl sites for hydroxylation is 1. The molecule has 192 valence electrons. The van der Waals surface area contributed by atoms with E-state index in [-0.39, 0.29) is 12.0 Å². The molecule has 4 rings (SSSR count). The number of thiazole rings is 1. The first kappa shape index (κ1) is 26.0. The van der Waals surface area contributed by atoms with Crippen molar-refractivity contribution in [2.75, 3.05) is 5.32 Å². The summed E-state index contributed by atoms with van der Waals surface area (Å²) in [6, 6.07) is 6.15. The predicted octanol–water partition coefficient (Wildman–Crippen LogP) is 4.30. The minimum atomic E-state index is -4.57. The zero-order valence-electron chi connectivity index (χ0n) is 19.6. The van der Waals surface area contributed by atoms with Gasteiger partial charge in [-0.1, -0.05) is 6.07 Å². The summed E-state index contributed by atoms with van der Waals surface area (Å²) >= 11 is 1.34. The van der Waals surface area contributed by atoms with Crippen molar-refractivity contribution in [3.8, 4) is 10.4 Å². The molecule has 0 bridgehead atoms. The predicted molar refractivity (Wildman–Crippen MR) is 129 cm³/mol. The molecule has 0 aliphatic heterocycles. The maximum Gasteiger partial charge on any atom is 0.433 e. The first-order valence-corrected chi connectivity index (χ1v) is 12.2. The fraction of sp³-hybridized carbons (Fsp3) is 0.417. The SMILES string of the molecule is Cc1cc(Nc2nccc(C(F)(F)F)n2)cc(-c2cnc([C@]3(O)CC[C@H](NC(=O)[C@H](C)O)CC3)s2)c1. The number of aliphatic hydroxyl groups excluding tert-OH is 1. The summed E-state index contributed by atoms with van der Waals surface area (Å²) in [6.45, 7) is 3.27. The Balaban J connectivity index is 1.49. The van der Waals surface area contributed by atoms with Gasteiger partial charge in [0.25, 0.3) is 0 Å². The van der Waals surface area contributed by atoms with E-state index in [1.165, 1.54) is 18.3 Å². The number of aliphatic hydroxyl groups is 2. The largest absolute Gasteiger partial charge is 0.433 e. The first-order chi connectivity index (χ1) is 16.9. The maximum atomic E-state index is 13.0. The second-order valence-electron chi connectivity index (χ2n) is 9.00. The van der Waals surface area contributed by atoms with E-state index in [1.807, 2.05) is 13.0 Å². The molecule has 1 aliphatic rings. The van der Waals surface area contributed by atoms with Gasteiger partial charge in [-0.15, -0.1) is 11.3 Å². The maximum absolute atomic E-state index is 13.0. The molecule has 1 atom stereocenters. The minimum Gasteiger partial charge on any atom is -0.384 e. The minimum absolute atomic E-state index is 0.115. The highest BCUT2D eigenvalue weighted by molar-refractivity contribution is 7.15. The second-order valence-corrected chi connectivity index (χ2v) is 10.0. The summed E-state index contributed by atoms with van der Waals surface area (Å²) in [7, 11) is 0. The molecule has 2 heterocycles. The zero-order chi connectivity index (χ0) is 26.1. The Morgan fingerprint density at radius 1 is 1.22 bits per heavy atom. The van der Waals surface area contributed by atoms with Crippen LogP contribution in [0.15, 0.2) is 36.7 Å². The van der Waals surface area contributed by atoms with Crippen molar-refractivity contribution in [2.45, 2.75) is 63.5 Å². The Morgan fingerprint density at radius 2 is 1.94 bits per heavy atom. The monoisotopic (exact) mass is 521 g/mol. The lowest BCUT2D eigenvalue weighted by molar-refractivity contribution is -0.141. The number of hydrogen-bond acceptors (Lipinski definition) is 8. The number of aromatic nitrogens is 3. The van der Waals surface area contributed by atoms with E-state index in [1.54, 1.807) is 18.3 Å². The molecule has 12 heteroatoms. The normalized spacial score (nSPS) is 21.1. The fourth-order valence-corrected chi connectivity index (χ4v) is 5.15. The van der Waals surface area contributed by atoms with Crippen LogP contribution in [0.4, 0.5) is 24.8 Å². The third kappa shape index (κ3) is 6.00. The summed E-state index contributed by atoms with van der Waals surface area (Å²) in [4.78, 5) is 24.4. The van der Waals surface area contributed by atoms with Crippen LogP contribution in [0.5, 0.6) is 0 Å². The molecular weight excluding hydrogens is 495 g/mol. The molecular formula is C24H26F3N5O3S. The van der Waals surface area contributed by atoms with E-state index in [9.17, 15) is 28.2 Å². The van der Waals surface area contributed by atoms with Crippen molar-refractivity contribution < 1.29 is 28.2 Å². The Labute approximate surface area is 209 Å². The van der Waals surface area contributed by atoms with Gasteiger partial charge in [0.2, 0.25) is 11.9 Å². The lowest BCUT2D eigenvalue weighted by Crippen LogP contribution is -2.45. The highest BCUT2D eigenvalue weighted by atomic mass is 32.1. The average Bonchev–Trinajstić information content (AvgIpc) is 3.31. The van der Waals surface area contributed by atoms with Gasteiger partial charge in [-0.25, -0.2) is 15.0 Å². The third-order valence-electron chi connectivity index (χ3n) is 6.01. The Kier molecular flexibility index (Phi) is 7.30. The third-order valence-corrected chi connectivity index (χ3v) is 7.25. The Bertz CT molecular complexity index is 1240. The quantitative estimate of drug-likeness (QED) is 0.382. The van der Waals surface area contributed by atoms with Crippen LogP contribution in [0.3, 0.4) is 0 Å². The van der Waals surface area contributed by atoms with Crippen molar-refractivity contribution in [3.05, 3.63) is 52.9 Å². The van der Waals surface area contributed by atoms with Gasteiger partial charge in [0, 0.05) is 24.1 Å².